The van der Waals surface area contributed by atoms with Gasteiger partial charge in [-0.2, -0.15) is 5.10 Å². The highest BCUT2D eigenvalue weighted by Crippen LogP contribution is 2.43. The average Bonchev–Trinajstić information content (AvgIpc) is 3.78. The monoisotopic (exact) mass is 608 g/mol. The maximum absolute atomic E-state index is 13.5. The molecule has 2 amide bonds. The highest BCUT2D eigenvalue weighted by molar-refractivity contribution is 5.95. The number of rotatable bonds is 9. The lowest BCUT2D eigenvalue weighted by Crippen LogP contribution is -2.39. The van der Waals surface area contributed by atoms with Crippen LogP contribution >= 0.6 is 0 Å². The number of benzene rings is 4. The van der Waals surface area contributed by atoms with Gasteiger partial charge >= 0.3 is 6.03 Å². The van der Waals surface area contributed by atoms with Gasteiger partial charge in [-0.05, 0) is 35.1 Å². The van der Waals surface area contributed by atoms with Crippen LogP contribution in [0, 0.1) is 0 Å². The summed E-state index contributed by atoms with van der Waals surface area (Å²) in [4.78, 5) is 18.2. The number of fused-ring (bicyclic) bond motifs is 1. The van der Waals surface area contributed by atoms with Gasteiger partial charge < -0.3 is 15.4 Å². The molecule has 46 heavy (non-hydrogen) atoms. The van der Waals surface area contributed by atoms with Gasteiger partial charge in [0.1, 0.15) is 11.4 Å². The Hall–Kier alpha value is -5.47. The summed E-state index contributed by atoms with van der Waals surface area (Å²) in [5.41, 5.74) is 4.12. The summed E-state index contributed by atoms with van der Waals surface area (Å²) in [5.74, 6) is 1.10. The van der Waals surface area contributed by atoms with Crippen molar-refractivity contribution in [2.45, 2.75) is 30.5 Å². The van der Waals surface area contributed by atoms with Crippen molar-refractivity contribution in [3.63, 3.8) is 0 Å². The van der Waals surface area contributed by atoms with E-state index in [1.807, 2.05) is 61.6 Å². The maximum atomic E-state index is 13.5. The molecule has 0 bridgehead atoms. The summed E-state index contributed by atoms with van der Waals surface area (Å²) in [6.07, 6.45) is 3.53. The van der Waals surface area contributed by atoms with E-state index in [-0.39, 0.29) is 18.2 Å². The van der Waals surface area contributed by atoms with E-state index in [4.69, 9.17) is 9.84 Å². The second-order valence-corrected chi connectivity index (χ2v) is 11.4. The lowest BCUT2D eigenvalue weighted by molar-refractivity contribution is 0.0815. The Morgan fingerprint density at radius 2 is 1.41 bits per heavy atom. The van der Waals surface area contributed by atoms with Gasteiger partial charge in [-0.25, -0.2) is 14.5 Å². The molecule has 3 heterocycles. The molecule has 1 aliphatic rings. The number of carbonyl (C=O) groups excluding carboxylic acids is 1. The fourth-order valence-corrected chi connectivity index (χ4v) is 6.63. The number of hydrogen-bond donors (Lipinski definition) is 3. The number of pyridine rings is 1. The zero-order chi connectivity index (χ0) is 31.3. The molecule has 4 aromatic carbocycles. The summed E-state index contributed by atoms with van der Waals surface area (Å²) in [5, 5.41) is 15.5. The number of anilines is 2. The fourth-order valence-electron chi connectivity index (χ4n) is 6.63. The number of amides is 2. The molecule has 7 rings (SSSR count). The molecule has 8 heteroatoms. The molecule has 230 valence electrons. The Morgan fingerprint density at radius 1 is 0.848 bits per heavy atom. The summed E-state index contributed by atoms with van der Waals surface area (Å²) < 4.78 is 8.05. The predicted octanol–water partition coefficient (Wildman–Crippen LogP) is 7.36. The SMILES string of the molecule is CNc1nn(C(c2ccccc2)(c2ccccc2)c2ccccc2)c2cc(NC(=O)NC(c3ccccc3)C3CCCO3)ncc12. The first-order valence-corrected chi connectivity index (χ1v) is 15.7. The van der Waals surface area contributed by atoms with Crippen LogP contribution in [0.2, 0.25) is 0 Å². The summed E-state index contributed by atoms with van der Waals surface area (Å²) >= 11 is 0. The van der Waals surface area contributed by atoms with Gasteiger partial charge in [0.25, 0.3) is 0 Å². The highest BCUT2D eigenvalue weighted by atomic mass is 16.5. The van der Waals surface area contributed by atoms with E-state index in [1.165, 1.54) is 0 Å². The van der Waals surface area contributed by atoms with Crippen molar-refractivity contribution in [1.29, 1.82) is 0 Å². The van der Waals surface area contributed by atoms with Crippen LogP contribution in [-0.4, -0.2) is 40.6 Å². The van der Waals surface area contributed by atoms with Crippen molar-refractivity contribution in [3.05, 3.63) is 156 Å². The van der Waals surface area contributed by atoms with Crippen LogP contribution < -0.4 is 16.0 Å². The Balaban J connectivity index is 1.35. The molecule has 0 spiro atoms. The minimum atomic E-state index is -0.837. The van der Waals surface area contributed by atoms with Gasteiger partial charge in [-0.1, -0.05) is 121 Å². The molecule has 1 saturated heterocycles. The van der Waals surface area contributed by atoms with E-state index in [1.54, 1.807) is 6.20 Å². The van der Waals surface area contributed by atoms with Crippen LogP contribution in [0.15, 0.2) is 134 Å². The Morgan fingerprint density at radius 3 is 1.93 bits per heavy atom. The van der Waals surface area contributed by atoms with Gasteiger partial charge in [0.15, 0.2) is 5.82 Å². The third kappa shape index (κ3) is 5.37. The van der Waals surface area contributed by atoms with Crippen LogP contribution in [-0.2, 0) is 10.3 Å². The van der Waals surface area contributed by atoms with Crippen molar-refractivity contribution in [2.75, 3.05) is 24.3 Å². The number of hydrogen-bond acceptors (Lipinski definition) is 5. The molecule has 0 saturated carbocycles. The van der Waals surface area contributed by atoms with Gasteiger partial charge in [-0.3, -0.25) is 5.32 Å². The van der Waals surface area contributed by atoms with E-state index in [2.05, 4.69) is 98.4 Å². The molecule has 0 radical (unpaired) electrons. The molecular formula is C38H36N6O2. The van der Waals surface area contributed by atoms with E-state index < -0.39 is 5.54 Å². The number of urea groups is 1. The Bertz CT molecular complexity index is 1810. The normalized spacial score (nSPS) is 15.4. The van der Waals surface area contributed by atoms with Crippen molar-refractivity contribution >= 4 is 28.6 Å². The second kappa shape index (κ2) is 12.9. The first-order chi connectivity index (χ1) is 22.7. The van der Waals surface area contributed by atoms with Crippen molar-refractivity contribution in [2.24, 2.45) is 0 Å². The molecule has 2 atom stereocenters. The quantitative estimate of drug-likeness (QED) is 0.149. The Labute approximate surface area is 268 Å². The third-order valence-corrected chi connectivity index (χ3v) is 8.72. The molecule has 6 aromatic rings. The van der Waals surface area contributed by atoms with Crippen LogP contribution in [0.25, 0.3) is 10.9 Å². The van der Waals surface area contributed by atoms with Crippen LogP contribution in [0.4, 0.5) is 16.4 Å². The second-order valence-electron chi connectivity index (χ2n) is 11.4. The topological polar surface area (TPSA) is 93.1 Å². The van der Waals surface area contributed by atoms with Crippen LogP contribution in [0.3, 0.4) is 0 Å². The zero-order valence-corrected chi connectivity index (χ0v) is 25.6. The molecule has 1 fully saturated rings. The molecule has 2 aromatic heterocycles. The van der Waals surface area contributed by atoms with Gasteiger partial charge in [0.2, 0.25) is 0 Å². The van der Waals surface area contributed by atoms with E-state index >= 15 is 0 Å². The standard InChI is InChI=1S/C38H36N6O2/c1-39-36-31-26-40-34(41-37(45)42-35(33-23-14-24-46-33)27-15-6-2-7-16-27)25-32(31)44(43-36)38(28-17-8-3-9-18-28,29-19-10-4-11-20-29)30-21-12-5-13-22-30/h2-13,15-22,25-26,33,35H,14,23-24H2,1H3,(H,39,43)(H2,40,41,42,45). The lowest BCUT2D eigenvalue weighted by Gasteiger charge is -2.37. The molecule has 3 N–H and O–H groups in total. The number of nitrogens with zero attached hydrogens (tertiary/aromatic N) is 3. The highest BCUT2D eigenvalue weighted by Gasteiger charge is 2.41. The number of ether oxygens (including phenoxy) is 1. The zero-order valence-electron chi connectivity index (χ0n) is 25.6. The van der Waals surface area contributed by atoms with Crippen LogP contribution in [0.5, 0.6) is 0 Å². The van der Waals surface area contributed by atoms with Gasteiger partial charge in [0, 0.05) is 25.9 Å². The van der Waals surface area contributed by atoms with Crippen molar-refractivity contribution < 1.29 is 9.53 Å². The number of carbonyl (C=O) groups is 1. The summed E-state index contributed by atoms with van der Waals surface area (Å²) in [7, 11) is 1.86. The van der Waals surface area contributed by atoms with Gasteiger partial charge in [-0.15, -0.1) is 0 Å². The predicted molar refractivity (Wildman–Crippen MR) is 182 cm³/mol. The van der Waals surface area contributed by atoms with Crippen LogP contribution in [0.1, 0.15) is 41.1 Å². The minimum Gasteiger partial charge on any atom is -0.376 e. The molecule has 1 aliphatic heterocycles. The minimum absolute atomic E-state index is 0.0913. The summed E-state index contributed by atoms with van der Waals surface area (Å²) in [6.45, 7) is 0.694. The number of nitrogens with one attached hydrogen (secondary N) is 3. The average molecular weight is 609 g/mol. The van der Waals surface area contributed by atoms with E-state index in [0.717, 1.165) is 46.0 Å². The summed E-state index contributed by atoms with van der Waals surface area (Å²) in [6, 6.07) is 42.4. The smallest absolute Gasteiger partial charge is 0.320 e. The third-order valence-electron chi connectivity index (χ3n) is 8.72. The molecule has 2 unspecified atom stereocenters. The lowest BCUT2D eigenvalue weighted by atomic mass is 9.77. The first kappa shape index (κ1) is 29.3. The largest absolute Gasteiger partial charge is 0.376 e. The molecular weight excluding hydrogens is 572 g/mol. The Kier molecular flexibility index (Phi) is 8.18. The van der Waals surface area contributed by atoms with Crippen molar-refractivity contribution in [3.8, 4) is 0 Å². The molecule has 8 nitrogen and oxygen atoms in total. The van der Waals surface area contributed by atoms with E-state index in [9.17, 15) is 4.79 Å². The van der Waals surface area contributed by atoms with Gasteiger partial charge in [0.05, 0.1) is 23.0 Å². The van der Waals surface area contributed by atoms with E-state index in [0.29, 0.717) is 18.2 Å². The molecule has 0 aliphatic carbocycles. The fraction of sp³-hybridized carbons (Fsp3) is 0.184. The number of aromatic nitrogens is 3. The maximum Gasteiger partial charge on any atom is 0.320 e. The van der Waals surface area contributed by atoms with Crippen molar-refractivity contribution in [1.82, 2.24) is 20.1 Å². The first-order valence-electron chi connectivity index (χ1n) is 15.7.